The van der Waals surface area contributed by atoms with Crippen LogP contribution in [0.2, 0.25) is 0 Å². The Morgan fingerprint density at radius 3 is 2.70 bits per heavy atom. The number of halogens is 3. The molecular weight excluding hydrogens is 277 g/mol. The number of hydrogen-bond donors (Lipinski definition) is 1. The first-order valence-electron chi connectivity index (χ1n) is 5.78. The maximum atomic E-state index is 12.2. The molecule has 1 aliphatic rings. The van der Waals surface area contributed by atoms with Crippen LogP contribution in [0.5, 0.6) is 5.75 Å². The maximum Gasteiger partial charge on any atom is 0.573 e. The second kappa shape index (κ2) is 5.40. The van der Waals surface area contributed by atoms with E-state index in [9.17, 15) is 22.8 Å². The normalized spacial score (nSPS) is 16.6. The number of anilines is 1. The third-order valence-electron chi connectivity index (χ3n) is 2.66. The molecule has 0 atom stereocenters. The number of ether oxygens (including phenoxy) is 1. The van der Waals surface area contributed by atoms with Gasteiger partial charge >= 0.3 is 6.36 Å². The average Bonchev–Trinajstić information content (AvgIpc) is 2.50. The molecule has 2 amide bonds. The quantitative estimate of drug-likeness (QED) is 0.896. The minimum Gasteiger partial charge on any atom is -0.406 e. The van der Waals surface area contributed by atoms with Crippen molar-refractivity contribution in [1.29, 1.82) is 0 Å². The number of amides is 2. The summed E-state index contributed by atoms with van der Waals surface area (Å²) in [6.07, 6.45) is -4.70. The van der Waals surface area contributed by atoms with Crippen LogP contribution in [0, 0.1) is 0 Å². The summed E-state index contributed by atoms with van der Waals surface area (Å²) in [5.74, 6) is -1.07. The fourth-order valence-electron chi connectivity index (χ4n) is 1.82. The molecule has 0 spiro atoms. The molecule has 1 N–H and O–H groups in total. The summed E-state index contributed by atoms with van der Waals surface area (Å²) in [6, 6.07) is 5.09. The van der Waals surface area contributed by atoms with Gasteiger partial charge in [-0.05, 0) is 12.1 Å². The van der Waals surface area contributed by atoms with Gasteiger partial charge in [0.25, 0.3) is 0 Å². The Morgan fingerprint density at radius 2 is 2.00 bits per heavy atom. The number of benzene rings is 1. The number of hydrogen-bond acceptors (Lipinski definition) is 3. The van der Waals surface area contributed by atoms with Crippen molar-refractivity contribution in [1.82, 2.24) is 5.32 Å². The average molecular weight is 288 g/mol. The molecule has 0 aliphatic carbocycles. The van der Waals surface area contributed by atoms with E-state index >= 15 is 0 Å². The number of alkyl halides is 3. The fraction of sp³-hybridized carbons (Fsp3) is 0.333. The number of nitrogens with one attached hydrogen (secondary N) is 1. The Balaban J connectivity index is 2.21. The minimum atomic E-state index is -4.79. The van der Waals surface area contributed by atoms with Crippen LogP contribution in [0.25, 0.3) is 0 Å². The maximum absolute atomic E-state index is 12.2. The molecule has 0 saturated carbocycles. The van der Waals surface area contributed by atoms with Crippen LogP contribution in [0.4, 0.5) is 18.9 Å². The van der Waals surface area contributed by atoms with Gasteiger partial charge in [0.2, 0.25) is 11.8 Å². The van der Waals surface area contributed by atoms with Crippen LogP contribution in [0.1, 0.15) is 6.42 Å². The van der Waals surface area contributed by atoms with Gasteiger partial charge in [-0.3, -0.25) is 9.59 Å². The number of rotatable bonds is 2. The smallest absolute Gasteiger partial charge is 0.406 e. The van der Waals surface area contributed by atoms with Crippen molar-refractivity contribution in [2.75, 3.05) is 18.0 Å². The summed E-state index contributed by atoms with van der Waals surface area (Å²) in [5.41, 5.74) is 0.258. The third kappa shape index (κ3) is 3.62. The van der Waals surface area contributed by atoms with Crippen LogP contribution >= 0.6 is 0 Å². The van der Waals surface area contributed by atoms with E-state index < -0.39 is 12.1 Å². The van der Waals surface area contributed by atoms with Gasteiger partial charge < -0.3 is 15.0 Å². The highest BCUT2D eigenvalue weighted by Gasteiger charge is 2.31. The van der Waals surface area contributed by atoms with E-state index in [1.165, 1.54) is 17.0 Å². The van der Waals surface area contributed by atoms with E-state index in [0.717, 1.165) is 12.1 Å². The first-order chi connectivity index (χ1) is 9.35. The number of carbonyl (C=O) groups is 2. The molecule has 20 heavy (non-hydrogen) atoms. The van der Waals surface area contributed by atoms with E-state index in [1.807, 2.05) is 0 Å². The molecule has 1 aliphatic heterocycles. The lowest BCUT2D eigenvalue weighted by Gasteiger charge is -2.20. The van der Waals surface area contributed by atoms with Crippen molar-refractivity contribution in [3.8, 4) is 5.75 Å². The van der Waals surface area contributed by atoms with Crippen LogP contribution in [-0.4, -0.2) is 31.3 Å². The summed E-state index contributed by atoms with van der Waals surface area (Å²) in [6.45, 7) is -0.0661. The van der Waals surface area contributed by atoms with Crippen LogP contribution in [0.3, 0.4) is 0 Å². The molecule has 1 fully saturated rings. The van der Waals surface area contributed by atoms with Crippen LogP contribution in [-0.2, 0) is 9.59 Å². The Hall–Kier alpha value is -2.25. The van der Waals surface area contributed by atoms with Crippen molar-refractivity contribution >= 4 is 17.5 Å². The van der Waals surface area contributed by atoms with Crippen molar-refractivity contribution in [2.24, 2.45) is 0 Å². The molecule has 1 aromatic carbocycles. The van der Waals surface area contributed by atoms with Crippen molar-refractivity contribution in [3.63, 3.8) is 0 Å². The number of nitrogens with zero attached hydrogens (tertiary/aromatic N) is 1. The summed E-state index contributed by atoms with van der Waals surface area (Å²) >= 11 is 0. The van der Waals surface area contributed by atoms with Gasteiger partial charge in [0.1, 0.15) is 5.75 Å². The SMILES string of the molecule is O=C1CCN(c2cccc(OC(F)(F)F)c2)C(=O)CN1. The lowest BCUT2D eigenvalue weighted by atomic mass is 10.2. The highest BCUT2D eigenvalue weighted by Crippen LogP contribution is 2.27. The molecule has 0 aromatic heterocycles. The molecule has 1 saturated heterocycles. The second-order valence-electron chi connectivity index (χ2n) is 4.12. The monoisotopic (exact) mass is 288 g/mol. The highest BCUT2D eigenvalue weighted by molar-refractivity contribution is 5.98. The van der Waals surface area contributed by atoms with Crippen LogP contribution < -0.4 is 15.0 Å². The summed E-state index contributed by atoms with van der Waals surface area (Å²) in [7, 11) is 0. The van der Waals surface area contributed by atoms with Crippen LogP contribution in [0.15, 0.2) is 24.3 Å². The molecule has 0 unspecified atom stereocenters. The van der Waals surface area contributed by atoms with Crippen molar-refractivity contribution in [2.45, 2.75) is 12.8 Å². The summed E-state index contributed by atoms with van der Waals surface area (Å²) < 4.78 is 40.3. The Morgan fingerprint density at radius 1 is 1.25 bits per heavy atom. The molecule has 2 rings (SSSR count). The molecule has 108 valence electrons. The lowest BCUT2D eigenvalue weighted by molar-refractivity contribution is -0.274. The Kier molecular flexibility index (Phi) is 3.82. The van der Waals surface area contributed by atoms with Gasteiger partial charge in [-0.2, -0.15) is 0 Å². The zero-order chi connectivity index (χ0) is 14.8. The molecule has 1 aromatic rings. The predicted octanol–water partition coefficient (Wildman–Crippen LogP) is 1.44. The lowest BCUT2D eigenvalue weighted by Crippen LogP contribution is -2.35. The zero-order valence-electron chi connectivity index (χ0n) is 10.2. The van der Waals surface area contributed by atoms with Gasteiger partial charge in [-0.25, -0.2) is 0 Å². The standard InChI is InChI=1S/C12H11F3N2O3/c13-12(14,15)20-9-3-1-2-8(6-9)17-5-4-10(18)16-7-11(17)19/h1-3,6H,4-5,7H2,(H,16,18). The van der Waals surface area contributed by atoms with Crippen molar-refractivity contribution < 1.29 is 27.5 Å². The highest BCUT2D eigenvalue weighted by atomic mass is 19.4. The summed E-state index contributed by atoms with van der Waals surface area (Å²) in [4.78, 5) is 24.3. The summed E-state index contributed by atoms with van der Waals surface area (Å²) in [5, 5.41) is 2.41. The predicted molar refractivity (Wildman–Crippen MR) is 63.1 cm³/mol. The minimum absolute atomic E-state index is 0.0933. The van der Waals surface area contributed by atoms with Gasteiger partial charge in [0, 0.05) is 24.7 Å². The first-order valence-corrected chi connectivity index (χ1v) is 5.78. The van der Waals surface area contributed by atoms with E-state index in [0.29, 0.717) is 0 Å². The van der Waals surface area contributed by atoms with Gasteiger partial charge in [0.15, 0.2) is 0 Å². The number of carbonyl (C=O) groups excluding carboxylic acids is 2. The largest absolute Gasteiger partial charge is 0.573 e. The first kappa shape index (κ1) is 14.2. The molecule has 1 heterocycles. The topological polar surface area (TPSA) is 58.6 Å². The Bertz CT molecular complexity index is 531. The van der Waals surface area contributed by atoms with E-state index in [2.05, 4.69) is 10.1 Å². The van der Waals surface area contributed by atoms with E-state index in [1.54, 1.807) is 0 Å². The molecule has 5 nitrogen and oxygen atoms in total. The van der Waals surface area contributed by atoms with Gasteiger partial charge in [-0.1, -0.05) is 6.07 Å². The molecule has 0 bridgehead atoms. The Labute approximate surface area is 112 Å². The third-order valence-corrected chi connectivity index (χ3v) is 2.66. The van der Waals surface area contributed by atoms with E-state index in [4.69, 9.17) is 0 Å². The van der Waals surface area contributed by atoms with Gasteiger partial charge in [-0.15, -0.1) is 13.2 Å². The molecule has 0 radical (unpaired) electrons. The second-order valence-corrected chi connectivity index (χ2v) is 4.12. The van der Waals surface area contributed by atoms with E-state index in [-0.39, 0.29) is 37.0 Å². The zero-order valence-corrected chi connectivity index (χ0v) is 10.2. The fourth-order valence-corrected chi connectivity index (χ4v) is 1.82. The van der Waals surface area contributed by atoms with Gasteiger partial charge in [0.05, 0.1) is 6.54 Å². The van der Waals surface area contributed by atoms with Crippen molar-refractivity contribution in [3.05, 3.63) is 24.3 Å². The molecule has 8 heteroatoms. The molecular formula is C12H11F3N2O3.